The summed E-state index contributed by atoms with van der Waals surface area (Å²) in [7, 11) is 0. The van der Waals surface area contributed by atoms with Gasteiger partial charge >= 0.3 is 5.97 Å². The van der Waals surface area contributed by atoms with Crippen molar-refractivity contribution in [3.05, 3.63) is 15.4 Å². The number of aromatic nitrogens is 2. The van der Waals surface area contributed by atoms with Crippen molar-refractivity contribution in [3.63, 3.8) is 0 Å². The summed E-state index contributed by atoms with van der Waals surface area (Å²) < 4.78 is 0.949. The van der Waals surface area contributed by atoms with Gasteiger partial charge < -0.3 is 10.4 Å². The van der Waals surface area contributed by atoms with Crippen LogP contribution in [0.1, 0.15) is 26.2 Å². The molecule has 1 aliphatic rings. The van der Waals surface area contributed by atoms with Crippen molar-refractivity contribution in [2.75, 3.05) is 5.32 Å². The third-order valence-corrected chi connectivity index (χ3v) is 4.77. The molecule has 1 heterocycles. The Balaban J connectivity index is 2.13. The lowest BCUT2D eigenvalue weighted by Gasteiger charge is -2.15. The monoisotopic (exact) mass is 419 g/mol. The molecular weight excluding hydrogens is 406 g/mol. The van der Waals surface area contributed by atoms with E-state index in [1.807, 2.05) is 6.92 Å². The molecule has 1 saturated carbocycles. The van der Waals surface area contributed by atoms with Crippen molar-refractivity contribution < 1.29 is 14.7 Å². The molecule has 0 aromatic carbocycles. The van der Waals surface area contributed by atoms with Gasteiger partial charge in [0.25, 0.3) is 0 Å². The number of rotatable bonds is 4. The van der Waals surface area contributed by atoms with E-state index in [9.17, 15) is 14.7 Å². The van der Waals surface area contributed by atoms with Gasteiger partial charge in [0.05, 0.1) is 18.0 Å². The molecule has 0 radical (unpaired) electrons. The molecular formula is C13H15Br2N3O3. The Kier molecular flexibility index (Phi) is 5.32. The summed E-state index contributed by atoms with van der Waals surface area (Å²) >= 11 is 6.40. The van der Waals surface area contributed by atoms with E-state index in [4.69, 9.17) is 0 Å². The zero-order valence-corrected chi connectivity index (χ0v) is 14.5. The van der Waals surface area contributed by atoms with Crippen molar-refractivity contribution in [1.29, 1.82) is 0 Å². The SMILES string of the molecule is CCC1C[C@H](C(=O)Nc2ncc(Br)nc2Br)[C@H](C(=O)O)C1. The van der Waals surface area contributed by atoms with Crippen LogP contribution in [0.3, 0.4) is 0 Å². The average molecular weight is 421 g/mol. The molecule has 21 heavy (non-hydrogen) atoms. The summed E-state index contributed by atoms with van der Waals surface area (Å²) in [5.74, 6) is -1.79. The number of carbonyl (C=O) groups is 2. The van der Waals surface area contributed by atoms with Crippen LogP contribution in [0.15, 0.2) is 15.4 Å². The Labute approximate surface area is 139 Å². The van der Waals surface area contributed by atoms with E-state index in [0.29, 0.717) is 27.9 Å². The first-order chi connectivity index (χ1) is 9.92. The lowest BCUT2D eigenvalue weighted by atomic mass is 9.95. The molecule has 0 bridgehead atoms. The number of carbonyl (C=O) groups excluding carboxylic acids is 1. The zero-order valence-electron chi connectivity index (χ0n) is 11.3. The Morgan fingerprint density at radius 3 is 2.62 bits per heavy atom. The molecule has 1 unspecified atom stereocenters. The van der Waals surface area contributed by atoms with Crippen LogP contribution in [-0.2, 0) is 9.59 Å². The summed E-state index contributed by atoms with van der Waals surface area (Å²) in [5, 5.41) is 11.9. The molecule has 1 aromatic rings. The van der Waals surface area contributed by atoms with E-state index in [2.05, 4.69) is 47.1 Å². The highest BCUT2D eigenvalue weighted by Gasteiger charge is 2.42. The summed E-state index contributed by atoms with van der Waals surface area (Å²) in [5.41, 5.74) is 0. The van der Waals surface area contributed by atoms with Gasteiger partial charge in [0, 0.05) is 0 Å². The number of nitrogens with one attached hydrogen (secondary N) is 1. The first-order valence-corrected chi connectivity index (χ1v) is 8.22. The molecule has 6 nitrogen and oxygen atoms in total. The molecule has 8 heteroatoms. The topological polar surface area (TPSA) is 92.2 Å². The molecule has 0 aliphatic heterocycles. The Morgan fingerprint density at radius 2 is 2.05 bits per heavy atom. The van der Waals surface area contributed by atoms with E-state index in [0.717, 1.165) is 6.42 Å². The largest absolute Gasteiger partial charge is 0.481 e. The maximum absolute atomic E-state index is 12.4. The van der Waals surface area contributed by atoms with Gasteiger partial charge in [0.15, 0.2) is 5.82 Å². The fraction of sp³-hybridized carbons (Fsp3) is 0.538. The summed E-state index contributed by atoms with van der Waals surface area (Å²) in [6, 6.07) is 0. The molecule has 1 aromatic heterocycles. The van der Waals surface area contributed by atoms with Gasteiger partial charge in [-0.15, -0.1) is 0 Å². The maximum Gasteiger partial charge on any atom is 0.307 e. The Hall–Kier alpha value is -1.02. The molecule has 2 rings (SSSR count). The number of amides is 1. The van der Waals surface area contributed by atoms with Gasteiger partial charge in [-0.1, -0.05) is 13.3 Å². The first-order valence-electron chi connectivity index (χ1n) is 6.64. The summed E-state index contributed by atoms with van der Waals surface area (Å²) in [6.45, 7) is 2.01. The number of nitrogens with zero attached hydrogens (tertiary/aromatic N) is 2. The van der Waals surface area contributed by atoms with Gasteiger partial charge in [-0.25, -0.2) is 9.97 Å². The Bertz CT molecular complexity index is 568. The second-order valence-electron chi connectivity index (χ2n) is 5.12. The number of aliphatic carboxylic acids is 1. The quantitative estimate of drug-likeness (QED) is 0.780. The zero-order chi connectivity index (χ0) is 15.6. The van der Waals surface area contributed by atoms with Crippen molar-refractivity contribution in [3.8, 4) is 0 Å². The third-order valence-electron chi connectivity index (χ3n) is 3.83. The standard InChI is InChI=1S/C13H15Br2N3O3/c1-2-6-3-7(8(4-6)13(20)21)12(19)18-11-10(15)17-9(14)5-16-11/h5-8H,2-4H2,1H3,(H,20,21)(H,16,18,19)/t6?,7-,8+/m0/s1. The highest BCUT2D eigenvalue weighted by atomic mass is 79.9. The molecule has 2 N–H and O–H groups in total. The second kappa shape index (κ2) is 6.83. The predicted octanol–water partition coefficient (Wildman–Crippen LogP) is 3.08. The van der Waals surface area contributed by atoms with E-state index in [1.165, 1.54) is 6.20 Å². The summed E-state index contributed by atoms with van der Waals surface area (Å²) in [4.78, 5) is 31.8. The third kappa shape index (κ3) is 3.79. The molecule has 1 amide bonds. The van der Waals surface area contributed by atoms with Crippen LogP contribution in [0.5, 0.6) is 0 Å². The van der Waals surface area contributed by atoms with Gasteiger partial charge in [-0.2, -0.15) is 0 Å². The van der Waals surface area contributed by atoms with E-state index >= 15 is 0 Å². The summed E-state index contributed by atoms with van der Waals surface area (Å²) in [6.07, 6.45) is 3.51. The first kappa shape index (κ1) is 16.4. The number of anilines is 1. The smallest absolute Gasteiger partial charge is 0.307 e. The van der Waals surface area contributed by atoms with Crippen LogP contribution in [0.4, 0.5) is 5.82 Å². The van der Waals surface area contributed by atoms with E-state index < -0.39 is 17.8 Å². The van der Waals surface area contributed by atoms with Crippen LogP contribution in [0, 0.1) is 17.8 Å². The molecule has 114 valence electrons. The maximum atomic E-state index is 12.4. The minimum atomic E-state index is -0.910. The van der Waals surface area contributed by atoms with Crippen LogP contribution >= 0.6 is 31.9 Å². The van der Waals surface area contributed by atoms with Crippen LogP contribution in [0.2, 0.25) is 0 Å². The Morgan fingerprint density at radius 1 is 1.38 bits per heavy atom. The van der Waals surface area contributed by atoms with Gasteiger partial charge in [0.1, 0.15) is 9.21 Å². The number of hydrogen-bond donors (Lipinski definition) is 2. The van der Waals surface area contributed by atoms with Crippen LogP contribution in [0.25, 0.3) is 0 Å². The van der Waals surface area contributed by atoms with E-state index in [1.54, 1.807) is 0 Å². The number of carboxylic acid groups (broad SMARTS) is 1. The fourth-order valence-electron chi connectivity index (χ4n) is 2.68. The molecule has 1 fully saturated rings. The molecule has 0 spiro atoms. The fourth-order valence-corrected chi connectivity index (χ4v) is 3.59. The normalized spacial score (nSPS) is 24.8. The number of halogens is 2. The second-order valence-corrected chi connectivity index (χ2v) is 6.68. The minimum Gasteiger partial charge on any atom is -0.481 e. The lowest BCUT2D eigenvalue weighted by Crippen LogP contribution is -2.30. The van der Waals surface area contributed by atoms with Crippen LogP contribution in [-0.4, -0.2) is 27.0 Å². The van der Waals surface area contributed by atoms with Crippen molar-refractivity contribution in [1.82, 2.24) is 9.97 Å². The highest BCUT2D eigenvalue weighted by molar-refractivity contribution is 9.11. The lowest BCUT2D eigenvalue weighted by molar-refractivity contribution is -0.145. The van der Waals surface area contributed by atoms with Crippen molar-refractivity contribution >= 4 is 49.6 Å². The molecule has 0 saturated heterocycles. The molecule has 3 atom stereocenters. The molecule has 1 aliphatic carbocycles. The highest BCUT2D eigenvalue weighted by Crippen LogP contribution is 2.39. The van der Waals surface area contributed by atoms with Crippen LogP contribution < -0.4 is 5.32 Å². The number of carboxylic acids is 1. The van der Waals surface area contributed by atoms with E-state index in [-0.39, 0.29) is 11.8 Å². The predicted molar refractivity (Wildman–Crippen MR) is 83.7 cm³/mol. The van der Waals surface area contributed by atoms with Gasteiger partial charge in [0.2, 0.25) is 5.91 Å². The number of hydrogen-bond acceptors (Lipinski definition) is 4. The van der Waals surface area contributed by atoms with Crippen molar-refractivity contribution in [2.45, 2.75) is 26.2 Å². The average Bonchev–Trinajstić information content (AvgIpc) is 2.86. The minimum absolute atomic E-state index is 0.279. The van der Waals surface area contributed by atoms with Crippen molar-refractivity contribution in [2.24, 2.45) is 17.8 Å². The van der Waals surface area contributed by atoms with Gasteiger partial charge in [-0.05, 0) is 50.6 Å². The van der Waals surface area contributed by atoms with Gasteiger partial charge in [-0.3, -0.25) is 9.59 Å².